The van der Waals surface area contributed by atoms with Crippen molar-refractivity contribution in [2.24, 2.45) is 5.92 Å². The number of rotatable bonds is 5. The fourth-order valence-electron chi connectivity index (χ4n) is 3.23. The molecule has 1 unspecified atom stereocenters. The highest BCUT2D eigenvalue weighted by Crippen LogP contribution is 2.30. The maximum atomic E-state index is 12.1. The fraction of sp³-hybridized carbons (Fsp3) is 0.941. The van der Waals surface area contributed by atoms with Crippen LogP contribution in [0.5, 0.6) is 0 Å². The van der Waals surface area contributed by atoms with Gasteiger partial charge in [-0.2, -0.15) is 0 Å². The second-order valence-corrected chi connectivity index (χ2v) is 7.43. The molecule has 1 atom stereocenters. The largest absolute Gasteiger partial charge is 0.460 e. The number of nitrogens with zero attached hydrogens (tertiary/aromatic N) is 1. The summed E-state index contributed by atoms with van der Waals surface area (Å²) >= 11 is 0. The number of hydrogen-bond acceptors (Lipinski definition) is 5. The van der Waals surface area contributed by atoms with E-state index in [0.717, 1.165) is 38.8 Å². The number of carbonyl (C=O) groups excluding carboxylic acids is 1. The summed E-state index contributed by atoms with van der Waals surface area (Å²) in [6.07, 6.45) is 5.87. The Labute approximate surface area is 134 Å². The molecule has 0 spiro atoms. The average Bonchev–Trinajstić information content (AvgIpc) is 2.97. The second kappa shape index (κ2) is 7.75. The number of carbonyl (C=O) groups is 1. The van der Waals surface area contributed by atoms with Gasteiger partial charge in [0.15, 0.2) is 0 Å². The summed E-state index contributed by atoms with van der Waals surface area (Å²) in [5, 5.41) is 0. The van der Waals surface area contributed by atoms with E-state index in [-0.39, 0.29) is 24.4 Å². The van der Waals surface area contributed by atoms with E-state index in [2.05, 4.69) is 4.90 Å². The van der Waals surface area contributed by atoms with Crippen LogP contribution >= 0.6 is 0 Å². The minimum atomic E-state index is -0.401. The standard InChI is InChI=1S/C17H31NO4/c1-17(2,3)22-15(19)13-7-9-14(10-8-13)21-16(20-4)18-11-5-6-12-18/h13-14,16H,5-12H2,1-4H3. The van der Waals surface area contributed by atoms with E-state index in [1.54, 1.807) is 7.11 Å². The van der Waals surface area contributed by atoms with E-state index < -0.39 is 5.60 Å². The topological polar surface area (TPSA) is 48.0 Å². The quantitative estimate of drug-likeness (QED) is 0.577. The molecule has 1 aliphatic heterocycles. The number of ether oxygens (including phenoxy) is 3. The summed E-state index contributed by atoms with van der Waals surface area (Å²) in [6.45, 7) is 7.84. The first kappa shape index (κ1) is 17.7. The fourth-order valence-corrected chi connectivity index (χ4v) is 3.23. The van der Waals surface area contributed by atoms with Crippen molar-refractivity contribution in [1.29, 1.82) is 0 Å². The summed E-state index contributed by atoms with van der Waals surface area (Å²) < 4.78 is 17.1. The first-order valence-corrected chi connectivity index (χ1v) is 8.54. The summed E-state index contributed by atoms with van der Waals surface area (Å²) in [4.78, 5) is 14.4. The molecule has 1 saturated carbocycles. The molecule has 0 amide bonds. The van der Waals surface area contributed by atoms with Gasteiger partial charge in [-0.15, -0.1) is 0 Å². The lowest BCUT2D eigenvalue weighted by molar-refractivity contribution is -0.233. The Hall–Kier alpha value is -0.650. The van der Waals surface area contributed by atoms with Crippen LogP contribution in [0.4, 0.5) is 0 Å². The van der Waals surface area contributed by atoms with Crippen molar-refractivity contribution < 1.29 is 19.0 Å². The monoisotopic (exact) mass is 313 g/mol. The summed E-state index contributed by atoms with van der Waals surface area (Å²) in [7, 11) is 1.70. The predicted octanol–water partition coefficient (Wildman–Crippen LogP) is 2.93. The molecule has 0 N–H and O–H groups in total. The van der Waals surface area contributed by atoms with Crippen LogP contribution in [0.25, 0.3) is 0 Å². The molecule has 0 aromatic carbocycles. The Bertz CT molecular complexity index is 352. The molecule has 2 rings (SSSR count). The van der Waals surface area contributed by atoms with Gasteiger partial charge in [-0.25, -0.2) is 0 Å². The summed E-state index contributed by atoms with van der Waals surface area (Å²) in [5.41, 5.74) is -0.401. The van der Waals surface area contributed by atoms with E-state index in [1.807, 2.05) is 20.8 Å². The lowest BCUT2D eigenvalue weighted by atomic mass is 9.87. The van der Waals surface area contributed by atoms with Gasteiger partial charge < -0.3 is 14.2 Å². The highest BCUT2D eigenvalue weighted by atomic mass is 16.7. The molecule has 5 nitrogen and oxygen atoms in total. The molecular weight excluding hydrogens is 282 g/mol. The number of esters is 1. The van der Waals surface area contributed by atoms with Crippen LogP contribution in [0, 0.1) is 5.92 Å². The van der Waals surface area contributed by atoms with Crippen molar-refractivity contribution in [3.05, 3.63) is 0 Å². The molecule has 0 radical (unpaired) electrons. The molecule has 1 saturated heterocycles. The van der Waals surface area contributed by atoms with E-state index in [0.29, 0.717) is 0 Å². The van der Waals surface area contributed by atoms with Crippen LogP contribution in [0.1, 0.15) is 59.3 Å². The smallest absolute Gasteiger partial charge is 0.309 e. The van der Waals surface area contributed by atoms with Crippen LogP contribution in [0.3, 0.4) is 0 Å². The minimum Gasteiger partial charge on any atom is -0.460 e. The average molecular weight is 313 g/mol. The van der Waals surface area contributed by atoms with Crippen LogP contribution in [-0.2, 0) is 19.0 Å². The van der Waals surface area contributed by atoms with Gasteiger partial charge in [-0.3, -0.25) is 9.69 Å². The van der Waals surface area contributed by atoms with E-state index in [9.17, 15) is 4.79 Å². The van der Waals surface area contributed by atoms with Crippen molar-refractivity contribution >= 4 is 5.97 Å². The normalized spacial score (nSPS) is 28.5. The van der Waals surface area contributed by atoms with Crippen molar-refractivity contribution in [3.8, 4) is 0 Å². The molecule has 2 aliphatic rings. The lowest BCUT2D eigenvalue weighted by Crippen LogP contribution is -2.41. The zero-order valence-electron chi connectivity index (χ0n) is 14.5. The van der Waals surface area contributed by atoms with E-state index >= 15 is 0 Å². The Kier molecular flexibility index (Phi) is 6.24. The van der Waals surface area contributed by atoms with Crippen molar-refractivity contribution in [1.82, 2.24) is 4.90 Å². The van der Waals surface area contributed by atoms with Gasteiger partial charge in [-0.1, -0.05) is 0 Å². The van der Waals surface area contributed by atoms with Crippen molar-refractivity contribution in [3.63, 3.8) is 0 Å². The number of hydrogen-bond donors (Lipinski definition) is 0. The van der Waals surface area contributed by atoms with Gasteiger partial charge in [0, 0.05) is 20.2 Å². The second-order valence-electron chi connectivity index (χ2n) is 7.43. The third kappa shape index (κ3) is 5.21. The highest BCUT2D eigenvalue weighted by Gasteiger charge is 2.32. The van der Waals surface area contributed by atoms with Crippen molar-refractivity contribution in [2.75, 3.05) is 20.2 Å². The first-order chi connectivity index (χ1) is 10.4. The van der Waals surface area contributed by atoms with Gasteiger partial charge in [-0.05, 0) is 59.3 Å². The van der Waals surface area contributed by atoms with Crippen LogP contribution < -0.4 is 0 Å². The Morgan fingerprint density at radius 2 is 1.68 bits per heavy atom. The zero-order chi connectivity index (χ0) is 16.2. The van der Waals surface area contributed by atoms with Gasteiger partial charge >= 0.3 is 5.97 Å². The number of likely N-dealkylation sites (tertiary alicyclic amines) is 1. The third-order valence-electron chi connectivity index (χ3n) is 4.36. The van der Waals surface area contributed by atoms with Gasteiger partial charge in [0.1, 0.15) is 5.60 Å². The SMILES string of the molecule is COC(OC1CCC(C(=O)OC(C)(C)C)CC1)N1CCCC1. The van der Waals surface area contributed by atoms with E-state index in [4.69, 9.17) is 14.2 Å². The molecular formula is C17H31NO4. The molecule has 0 aromatic heterocycles. The van der Waals surface area contributed by atoms with Crippen LogP contribution in [0.15, 0.2) is 0 Å². The Morgan fingerprint density at radius 1 is 1.09 bits per heavy atom. The lowest BCUT2D eigenvalue weighted by Gasteiger charge is -2.34. The Balaban J connectivity index is 1.75. The maximum Gasteiger partial charge on any atom is 0.309 e. The molecule has 22 heavy (non-hydrogen) atoms. The first-order valence-electron chi connectivity index (χ1n) is 8.54. The number of methoxy groups -OCH3 is 1. The molecule has 1 aliphatic carbocycles. The molecule has 0 aromatic rings. The minimum absolute atomic E-state index is 0.0202. The van der Waals surface area contributed by atoms with Crippen molar-refractivity contribution in [2.45, 2.75) is 77.4 Å². The van der Waals surface area contributed by atoms with Gasteiger partial charge in [0.2, 0.25) is 6.41 Å². The van der Waals surface area contributed by atoms with Crippen LogP contribution in [0.2, 0.25) is 0 Å². The van der Waals surface area contributed by atoms with Crippen LogP contribution in [-0.4, -0.2) is 49.2 Å². The molecule has 1 heterocycles. The third-order valence-corrected chi connectivity index (χ3v) is 4.36. The zero-order valence-corrected chi connectivity index (χ0v) is 14.5. The summed E-state index contributed by atoms with van der Waals surface area (Å²) in [5.74, 6) is -0.0411. The van der Waals surface area contributed by atoms with Gasteiger partial charge in [0.25, 0.3) is 0 Å². The maximum absolute atomic E-state index is 12.1. The summed E-state index contributed by atoms with van der Waals surface area (Å²) in [6, 6.07) is 0. The van der Waals surface area contributed by atoms with Gasteiger partial charge in [0.05, 0.1) is 12.0 Å². The predicted molar refractivity (Wildman–Crippen MR) is 84.3 cm³/mol. The molecule has 2 fully saturated rings. The van der Waals surface area contributed by atoms with E-state index in [1.165, 1.54) is 12.8 Å². The molecule has 128 valence electrons. The molecule has 0 bridgehead atoms. The Morgan fingerprint density at radius 3 is 2.18 bits per heavy atom. The molecule has 5 heteroatoms. The highest BCUT2D eigenvalue weighted by molar-refractivity contribution is 5.72.